The van der Waals surface area contributed by atoms with Crippen molar-refractivity contribution < 1.29 is 24.0 Å². The van der Waals surface area contributed by atoms with Crippen LogP contribution < -0.4 is 21.7 Å². The van der Waals surface area contributed by atoms with Gasteiger partial charge in [-0.25, -0.2) is 4.79 Å². The van der Waals surface area contributed by atoms with Gasteiger partial charge in [-0.15, -0.1) is 0 Å². The molecule has 3 rings (SSSR count). The van der Waals surface area contributed by atoms with Crippen molar-refractivity contribution in [3.63, 3.8) is 0 Å². The first-order valence-corrected chi connectivity index (χ1v) is 13.4. The molecule has 0 aromatic heterocycles. The van der Waals surface area contributed by atoms with Crippen LogP contribution in [-0.4, -0.2) is 64.6 Å². The highest BCUT2D eigenvalue weighted by Crippen LogP contribution is 2.65. The summed E-state index contributed by atoms with van der Waals surface area (Å²) in [6.07, 6.45) is 3.31. The average Bonchev–Trinajstić information content (AvgIpc) is 3.06. The summed E-state index contributed by atoms with van der Waals surface area (Å²) in [6.45, 7) is 15.7. The first-order chi connectivity index (χ1) is 16.8. The zero-order valence-electron chi connectivity index (χ0n) is 23.6. The molecule has 0 spiro atoms. The number of amides is 5. The molecule has 2 saturated carbocycles. The lowest BCUT2D eigenvalue weighted by molar-refractivity contribution is -0.145. The third-order valence-electron chi connectivity index (χ3n) is 8.31. The molecular weight excluding hydrogens is 474 g/mol. The lowest BCUT2D eigenvalue weighted by Gasteiger charge is -2.38. The quantitative estimate of drug-likeness (QED) is 0.360. The first-order valence-electron chi connectivity index (χ1n) is 13.4. The van der Waals surface area contributed by atoms with Crippen LogP contribution in [0.5, 0.6) is 0 Å². The minimum Gasteiger partial charge on any atom is -0.363 e. The van der Waals surface area contributed by atoms with E-state index >= 15 is 0 Å². The normalized spacial score (nSPS) is 26.3. The van der Waals surface area contributed by atoms with Gasteiger partial charge in [-0.1, -0.05) is 53.9 Å². The Morgan fingerprint density at radius 3 is 2.05 bits per heavy atom. The molecule has 5 atom stereocenters. The zero-order valence-corrected chi connectivity index (χ0v) is 23.6. The number of fused-ring (bicyclic) bond motifs is 1. The highest BCUT2D eigenvalue weighted by molar-refractivity contribution is 6.37. The number of nitrogens with two attached hydrogens (primary N) is 1. The second-order valence-corrected chi connectivity index (χ2v) is 13.9. The van der Waals surface area contributed by atoms with Gasteiger partial charge in [0.05, 0.1) is 6.04 Å². The Hall–Kier alpha value is -2.65. The van der Waals surface area contributed by atoms with Crippen LogP contribution in [0.2, 0.25) is 0 Å². The van der Waals surface area contributed by atoms with E-state index in [0.717, 1.165) is 19.3 Å². The predicted molar refractivity (Wildman–Crippen MR) is 139 cm³/mol. The van der Waals surface area contributed by atoms with Crippen molar-refractivity contribution in [2.45, 2.75) is 105 Å². The summed E-state index contributed by atoms with van der Waals surface area (Å²) in [5.41, 5.74) is 4.04. The van der Waals surface area contributed by atoms with Gasteiger partial charge in [0.2, 0.25) is 17.6 Å². The van der Waals surface area contributed by atoms with E-state index < -0.39 is 52.7 Å². The van der Waals surface area contributed by atoms with Gasteiger partial charge in [0.15, 0.2) is 0 Å². The minimum absolute atomic E-state index is 0.0755. The molecule has 0 aromatic rings. The molecule has 5 N–H and O–H groups in total. The number of likely N-dealkylation sites (tertiary alicyclic amines) is 1. The molecule has 10 heteroatoms. The van der Waals surface area contributed by atoms with Crippen LogP contribution in [0.1, 0.15) is 81.1 Å². The van der Waals surface area contributed by atoms with E-state index in [4.69, 9.17) is 5.73 Å². The van der Waals surface area contributed by atoms with E-state index in [9.17, 15) is 24.0 Å². The molecule has 5 amide bonds. The Labute approximate surface area is 220 Å². The Kier molecular flexibility index (Phi) is 7.74. The fourth-order valence-electron chi connectivity index (χ4n) is 5.86. The highest BCUT2D eigenvalue weighted by Gasteiger charge is 2.70. The maximum absolute atomic E-state index is 13.9. The van der Waals surface area contributed by atoms with Gasteiger partial charge < -0.3 is 26.6 Å². The lowest BCUT2D eigenvalue weighted by Crippen LogP contribution is -2.62. The second-order valence-electron chi connectivity index (χ2n) is 13.9. The zero-order chi connectivity index (χ0) is 28.1. The molecule has 0 bridgehead atoms. The molecule has 208 valence electrons. The van der Waals surface area contributed by atoms with Gasteiger partial charge in [0.1, 0.15) is 12.1 Å². The van der Waals surface area contributed by atoms with Crippen molar-refractivity contribution in [3.8, 4) is 0 Å². The third-order valence-corrected chi connectivity index (χ3v) is 8.31. The molecule has 2 aliphatic carbocycles. The van der Waals surface area contributed by atoms with E-state index in [1.165, 1.54) is 0 Å². The summed E-state index contributed by atoms with van der Waals surface area (Å²) < 4.78 is 0. The molecule has 1 saturated heterocycles. The Morgan fingerprint density at radius 2 is 1.59 bits per heavy atom. The minimum atomic E-state index is -1.07. The van der Waals surface area contributed by atoms with Crippen LogP contribution in [0.4, 0.5) is 4.79 Å². The van der Waals surface area contributed by atoms with Crippen molar-refractivity contribution in [2.75, 3.05) is 6.54 Å². The van der Waals surface area contributed by atoms with Crippen LogP contribution in [0.3, 0.4) is 0 Å². The van der Waals surface area contributed by atoms with Crippen LogP contribution in [0.15, 0.2) is 0 Å². The summed E-state index contributed by atoms with van der Waals surface area (Å²) in [5.74, 6) is -2.35. The monoisotopic (exact) mass is 519 g/mol. The van der Waals surface area contributed by atoms with Crippen molar-refractivity contribution >= 4 is 29.5 Å². The lowest BCUT2D eigenvalue weighted by atomic mass is 9.80. The summed E-state index contributed by atoms with van der Waals surface area (Å²) in [7, 11) is 0. The van der Waals surface area contributed by atoms with E-state index in [-0.39, 0.29) is 29.1 Å². The van der Waals surface area contributed by atoms with Gasteiger partial charge in [-0.05, 0) is 55.8 Å². The molecule has 3 aliphatic rings. The highest BCUT2D eigenvalue weighted by atomic mass is 16.2. The van der Waals surface area contributed by atoms with Crippen LogP contribution in [0.25, 0.3) is 0 Å². The van der Waals surface area contributed by atoms with Gasteiger partial charge >= 0.3 is 6.03 Å². The SMILES string of the molecule is CC(C)(C)NC(=O)NC(C(=O)N1C[C@H]2[C@@H](C1C(=O)N[C@@H](CC1CCC1)C(=O)C(N)=O)C2(C)C)C(C)(C)C. The van der Waals surface area contributed by atoms with E-state index in [1.54, 1.807) is 4.90 Å². The molecule has 1 heterocycles. The summed E-state index contributed by atoms with van der Waals surface area (Å²) in [5, 5.41) is 8.44. The fraction of sp³-hybridized carbons (Fsp3) is 0.815. The van der Waals surface area contributed by atoms with Crippen molar-refractivity contribution in [3.05, 3.63) is 0 Å². The van der Waals surface area contributed by atoms with Crippen molar-refractivity contribution in [1.82, 2.24) is 20.9 Å². The number of primary amides is 1. The molecule has 37 heavy (non-hydrogen) atoms. The topological polar surface area (TPSA) is 151 Å². The Morgan fingerprint density at radius 1 is 1.00 bits per heavy atom. The number of hydrogen-bond donors (Lipinski definition) is 4. The number of Topliss-reactive ketones (excluding diaryl/α,β-unsaturated/α-hetero) is 1. The summed E-state index contributed by atoms with van der Waals surface area (Å²) in [4.78, 5) is 66.1. The van der Waals surface area contributed by atoms with Crippen molar-refractivity contribution in [1.29, 1.82) is 0 Å². The van der Waals surface area contributed by atoms with E-state index in [2.05, 4.69) is 29.8 Å². The van der Waals surface area contributed by atoms with Crippen LogP contribution >= 0.6 is 0 Å². The molecule has 0 radical (unpaired) electrons. The van der Waals surface area contributed by atoms with Crippen molar-refractivity contribution in [2.24, 2.45) is 34.3 Å². The smallest absolute Gasteiger partial charge is 0.315 e. The number of hydrogen-bond acceptors (Lipinski definition) is 5. The van der Waals surface area contributed by atoms with Gasteiger partial charge in [0.25, 0.3) is 5.91 Å². The van der Waals surface area contributed by atoms with Gasteiger partial charge in [0, 0.05) is 12.1 Å². The molecule has 10 nitrogen and oxygen atoms in total. The molecule has 1 aliphatic heterocycles. The number of carbonyl (C=O) groups is 5. The maximum Gasteiger partial charge on any atom is 0.315 e. The standard InChI is InChI=1S/C27H45N5O5/c1-25(2,3)20(30-24(37)31-26(4,5)6)23(36)32-13-15-17(27(15,7)8)18(32)22(35)29-16(19(33)21(28)34)12-14-10-9-11-14/h14-18,20H,9-13H2,1-8H3,(H2,28,34)(H,29,35)(H2,30,31,37)/t15-,16-,17-,18?,20?/m0/s1. The molecule has 3 fully saturated rings. The maximum atomic E-state index is 13.9. The number of ketones is 1. The van der Waals surface area contributed by atoms with Gasteiger partial charge in [-0.2, -0.15) is 0 Å². The van der Waals surface area contributed by atoms with Crippen LogP contribution in [0, 0.1) is 28.6 Å². The average molecular weight is 520 g/mol. The Balaban J connectivity index is 1.83. The molecule has 2 unspecified atom stereocenters. The number of nitrogens with one attached hydrogen (secondary N) is 3. The van der Waals surface area contributed by atoms with Crippen LogP contribution in [-0.2, 0) is 19.2 Å². The third kappa shape index (κ3) is 6.26. The molecule has 0 aromatic carbocycles. The summed E-state index contributed by atoms with van der Waals surface area (Å²) >= 11 is 0. The predicted octanol–water partition coefficient (Wildman–Crippen LogP) is 1.71. The number of carbonyl (C=O) groups excluding carboxylic acids is 5. The number of nitrogens with zero attached hydrogens (tertiary/aromatic N) is 1. The number of piperidine rings is 1. The van der Waals surface area contributed by atoms with E-state index in [0.29, 0.717) is 13.0 Å². The first kappa shape index (κ1) is 28.9. The van der Waals surface area contributed by atoms with Gasteiger partial charge in [-0.3, -0.25) is 19.2 Å². The second kappa shape index (κ2) is 9.91. The summed E-state index contributed by atoms with van der Waals surface area (Å²) in [6, 6.07) is -3.13. The Bertz CT molecular complexity index is 959. The number of rotatable bonds is 8. The number of urea groups is 1. The molecular formula is C27H45N5O5. The fourth-order valence-corrected chi connectivity index (χ4v) is 5.86. The largest absolute Gasteiger partial charge is 0.363 e. The van der Waals surface area contributed by atoms with E-state index in [1.807, 2.05) is 41.5 Å².